The van der Waals surface area contributed by atoms with E-state index in [1.165, 1.54) is 0 Å². The molecular formula is C14H17NO2. The third kappa shape index (κ3) is 1.75. The van der Waals surface area contributed by atoms with Crippen molar-refractivity contribution >= 4 is 5.78 Å². The van der Waals surface area contributed by atoms with Crippen LogP contribution < -0.4 is 10.5 Å². The molecule has 0 unspecified atom stereocenters. The van der Waals surface area contributed by atoms with E-state index in [0.717, 1.165) is 49.2 Å². The molecule has 2 aliphatic rings. The molecule has 17 heavy (non-hydrogen) atoms. The number of hydrogen-bond donors (Lipinski definition) is 1. The first-order valence-electron chi connectivity index (χ1n) is 6.26. The van der Waals surface area contributed by atoms with Crippen molar-refractivity contribution in [3.8, 4) is 5.75 Å². The van der Waals surface area contributed by atoms with Gasteiger partial charge in [-0.05, 0) is 49.4 Å². The van der Waals surface area contributed by atoms with Crippen molar-refractivity contribution in [1.82, 2.24) is 0 Å². The lowest BCUT2D eigenvalue weighted by atomic mass is 9.92. The topological polar surface area (TPSA) is 52.3 Å². The molecular weight excluding hydrogens is 214 g/mol. The summed E-state index contributed by atoms with van der Waals surface area (Å²) in [6, 6.07) is 5.79. The van der Waals surface area contributed by atoms with Crippen LogP contribution in [0, 0.1) is 5.41 Å². The predicted octanol–water partition coefficient (Wildman–Crippen LogP) is 1.93. The van der Waals surface area contributed by atoms with Crippen molar-refractivity contribution in [2.75, 3.05) is 13.2 Å². The highest BCUT2D eigenvalue weighted by Gasteiger charge is 2.48. The number of benzene rings is 1. The fourth-order valence-corrected chi connectivity index (χ4v) is 2.48. The molecule has 2 N–H and O–H groups in total. The molecule has 0 bridgehead atoms. The number of carbonyl (C=O) groups excluding carboxylic acids is 1. The smallest absolute Gasteiger partial charge is 0.170 e. The maximum absolute atomic E-state index is 12.3. The lowest BCUT2D eigenvalue weighted by molar-refractivity contribution is 0.0905. The maximum Gasteiger partial charge on any atom is 0.170 e. The van der Waals surface area contributed by atoms with E-state index in [9.17, 15) is 4.79 Å². The van der Waals surface area contributed by atoms with Gasteiger partial charge in [-0.1, -0.05) is 0 Å². The summed E-state index contributed by atoms with van der Waals surface area (Å²) in [7, 11) is 0. The fraction of sp³-hybridized carbons (Fsp3) is 0.500. The highest BCUT2D eigenvalue weighted by molar-refractivity contribution is 6.02. The van der Waals surface area contributed by atoms with Crippen LogP contribution in [0.5, 0.6) is 5.75 Å². The number of hydrogen-bond acceptors (Lipinski definition) is 3. The van der Waals surface area contributed by atoms with E-state index in [1.54, 1.807) is 0 Å². The summed E-state index contributed by atoms with van der Waals surface area (Å²) < 4.78 is 5.55. The van der Waals surface area contributed by atoms with Gasteiger partial charge in [0.25, 0.3) is 0 Å². The molecule has 0 atom stereocenters. The second-order valence-corrected chi connectivity index (χ2v) is 5.09. The molecule has 0 saturated heterocycles. The van der Waals surface area contributed by atoms with Crippen molar-refractivity contribution in [3.63, 3.8) is 0 Å². The van der Waals surface area contributed by atoms with Gasteiger partial charge in [-0.3, -0.25) is 4.79 Å². The number of carbonyl (C=O) groups is 1. The van der Waals surface area contributed by atoms with Crippen LogP contribution in [0.2, 0.25) is 0 Å². The lowest BCUT2D eigenvalue weighted by Crippen LogP contribution is -2.25. The van der Waals surface area contributed by atoms with Crippen molar-refractivity contribution in [2.45, 2.75) is 25.7 Å². The zero-order chi connectivity index (χ0) is 11.9. The molecule has 1 aliphatic heterocycles. The van der Waals surface area contributed by atoms with Gasteiger partial charge in [-0.15, -0.1) is 0 Å². The standard InChI is InChI=1S/C14H17NO2/c15-9-14(5-6-14)13(16)11-3-4-12-10(8-11)2-1-7-17-12/h3-4,8H,1-2,5-7,9,15H2. The molecule has 0 amide bonds. The normalized spacial score (nSPS) is 20.3. The molecule has 1 saturated carbocycles. The zero-order valence-corrected chi connectivity index (χ0v) is 9.87. The molecule has 0 spiro atoms. The van der Waals surface area contributed by atoms with E-state index < -0.39 is 0 Å². The molecule has 90 valence electrons. The molecule has 1 aromatic carbocycles. The SMILES string of the molecule is NCC1(C(=O)c2ccc3c(c2)CCCO3)CC1. The van der Waals surface area contributed by atoms with Crippen molar-refractivity contribution in [3.05, 3.63) is 29.3 Å². The summed E-state index contributed by atoms with van der Waals surface area (Å²) >= 11 is 0. The highest BCUT2D eigenvalue weighted by Crippen LogP contribution is 2.47. The van der Waals surface area contributed by atoms with Gasteiger partial charge in [0.05, 0.1) is 6.61 Å². The first-order chi connectivity index (χ1) is 8.25. The monoisotopic (exact) mass is 231 g/mol. The fourth-order valence-electron chi connectivity index (χ4n) is 2.48. The Labute approximate surface area is 101 Å². The largest absolute Gasteiger partial charge is 0.493 e. The van der Waals surface area contributed by atoms with Crippen LogP contribution in [0.1, 0.15) is 35.2 Å². The Morgan fingerprint density at radius 1 is 1.41 bits per heavy atom. The highest BCUT2D eigenvalue weighted by atomic mass is 16.5. The van der Waals surface area contributed by atoms with E-state index in [4.69, 9.17) is 10.5 Å². The Morgan fingerprint density at radius 2 is 2.24 bits per heavy atom. The minimum atomic E-state index is -0.246. The van der Waals surface area contributed by atoms with Gasteiger partial charge < -0.3 is 10.5 Å². The Balaban J connectivity index is 1.91. The van der Waals surface area contributed by atoms with Crippen LogP contribution >= 0.6 is 0 Å². The van der Waals surface area contributed by atoms with Crippen LogP contribution in [0.15, 0.2) is 18.2 Å². The summed E-state index contributed by atoms with van der Waals surface area (Å²) in [5.41, 5.74) is 7.42. The number of aryl methyl sites for hydroxylation is 1. The van der Waals surface area contributed by atoms with Gasteiger partial charge in [-0.2, -0.15) is 0 Å². The number of Topliss-reactive ketones (excluding diaryl/α,β-unsaturated/α-hetero) is 1. The van der Waals surface area contributed by atoms with E-state index in [1.807, 2.05) is 18.2 Å². The Hall–Kier alpha value is -1.35. The summed E-state index contributed by atoms with van der Waals surface area (Å²) in [5, 5.41) is 0. The van der Waals surface area contributed by atoms with Crippen LogP contribution in [-0.4, -0.2) is 18.9 Å². The van der Waals surface area contributed by atoms with Crippen LogP contribution in [0.4, 0.5) is 0 Å². The van der Waals surface area contributed by atoms with Crippen molar-refractivity contribution < 1.29 is 9.53 Å². The van der Waals surface area contributed by atoms with E-state index in [2.05, 4.69) is 0 Å². The number of ether oxygens (including phenoxy) is 1. The zero-order valence-electron chi connectivity index (χ0n) is 9.87. The van der Waals surface area contributed by atoms with Crippen LogP contribution in [0.25, 0.3) is 0 Å². The second-order valence-electron chi connectivity index (χ2n) is 5.09. The number of rotatable bonds is 3. The second kappa shape index (κ2) is 3.84. The Kier molecular flexibility index (Phi) is 2.44. The third-order valence-electron chi connectivity index (χ3n) is 3.90. The summed E-state index contributed by atoms with van der Waals surface area (Å²) in [6.07, 6.45) is 3.92. The summed E-state index contributed by atoms with van der Waals surface area (Å²) in [5.74, 6) is 1.15. The molecule has 1 heterocycles. The molecule has 3 nitrogen and oxygen atoms in total. The maximum atomic E-state index is 12.3. The molecule has 1 aliphatic carbocycles. The van der Waals surface area contributed by atoms with Gasteiger partial charge in [0.15, 0.2) is 5.78 Å². The first-order valence-corrected chi connectivity index (χ1v) is 6.26. The average Bonchev–Trinajstić information content (AvgIpc) is 3.18. The van der Waals surface area contributed by atoms with Gasteiger partial charge in [-0.25, -0.2) is 0 Å². The number of fused-ring (bicyclic) bond motifs is 1. The molecule has 0 aromatic heterocycles. The van der Waals surface area contributed by atoms with Gasteiger partial charge in [0.1, 0.15) is 5.75 Å². The van der Waals surface area contributed by atoms with Gasteiger partial charge in [0.2, 0.25) is 0 Å². The third-order valence-corrected chi connectivity index (χ3v) is 3.90. The molecule has 3 heteroatoms. The van der Waals surface area contributed by atoms with Crippen molar-refractivity contribution in [2.24, 2.45) is 11.1 Å². The minimum absolute atomic E-state index is 0.216. The minimum Gasteiger partial charge on any atom is -0.493 e. The molecule has 1 aromatic rings. The summed E-state index contributed by atoms with van der Waals surface area (Å²) in [4.78, 5) is 12.3. The predicted molar refractivity (Wildman–Crippen MR) is 65.3 cm³/mol. The van der Waals surface area contributed by atoms with Crippen LogP contribution in [0.3, 0.4) is 0 Å². The van der Waals surface area contributed by atoms with Gasteiger partial charge >= 0.3 is 0 Å². The van der Waals surface area contributed by atoms with Gasteiger partial charge in [0, 0.05) is 17.5 Å². The summed E-state index contributed by atoms with van der Waals surface area (Å²) in [6.45, 7) is 1.26. The Morgan fingerprint density at radius 3 is 2.94 bits per heavy atom. The molecule has 0 radical (unpaired) electrons. The van der Waals surface area contributed by atoms with Crippen molar-refractivity contribution in [1.29, 1.82) is 0 Å². The van der Waals surface area contributed by atoms with E-state index >= 15 is 0 Å². The van der Waals surface area contributed by atoms with E-state index in [0.29, 0.717) is 6.54 Å². The molecule has 3 rings (SSSR count). The molecule has 1 fully saturated rings. The van der Waals surface area contributed by atoms with E-state index in [-0.39, 0.29) is 11.2 Å². The quantitative estimate of drug-likeness (QED) is 0.809. The Bertz CT molecular complexity index is 463. The average molecular weight is 231 g/mol. The number of ketones is 1. The lowest BCUT2D eigenvalue weighted by Gasteiger charge is -2.18. The first kappa shape index (κ1) is 10.8. The van der Waals surface area contributed by atoms with Crippen LogP contribution in [-0.2, 0) is 6.42 Å². The number of nitrogens with two attached hydrogens (primary N) is 1.